The van der Waals surface area contributed by atoms with E-state index < -0.39 is 0 Å². The van der Waals surface area contributed by atoms with Crippen molar-refractivity contribution >= 4 is 5.91 Å². The summed E-state index contributed by atoms with van der Waals surface area (Å²) in [6.07, 6.45) is 0.553. The van der Waals surface area contributed by atoms with Crippen LogP contribution < -0.4 is 5.32 Å². The molecule has 3 nitrogen and oxygen atoms in total. The zero-order chi connectivity index (χ0) is 11.1. The van der Waals surface area contributed by atoms with Crippen LogP contribution in [-0.4, -0.2) is 37.0 Å². The van der Waals surface area contributed by atoms with Gasteiger partial charge in [0, 0.05) is 26.1 Å². The molecule has 1 unspecified atom stereocenters. The molecule has 0 bridgehead atoms. The molecule has 0 fully saturated rings. The minimum atomic E-state index is 0.168. The second-order valence-electron chi connectivity index (χ2n) is 3.87. The topological polar surface area (TPSA) is 32.3 Å². The summed E-state index contributed by atoms with van der Waals surface area (Å²) in [5.74, 6) is 0.168. The van der Waals surface area contributed by atoms with E-state index in [1.165, 1.54) is 0 Å². The number of nitrogens with one attached hydrogen (secondary N) is 1. The molecule has 14 heavy (non-hydrogen) atoms. The van der Waals surface area contributed by atoms with Crippen LogP contribution in [0, 0.1) is 0 Å². The molecule has 0 radical (unpaired) electrons. The van der Waals surface area contributed by atoms with Gasteiger partial charge in [-0.1, -0.05) is 19.1 Å². The van der Waals surface area contributed by atoms with Crippen molar-refractivity contribution in [2.24, 2.45) is 0 Å². The van der Waals surface area contributed by atoms with E-state index in [-0.39, 0.29) is 11.9 Å². The Kier molecular flexibility index (Phi) is 6.21. The molecule has 0 saturated heterocycles. The molecule has 82 valence electrons. The van der Waals surface area contributed by atoms with Crippen LogP contribution in [0.5, 0.6) is 0 Å². The maximum atomic E-state index is 11.6. The van der Waals surface area contributed by atoms with Gasteiger partial charge in [-0.05, 0) is 20.4 Å². The third-order valence-corrected chi connectivity index (χ3v) is 1.97. The summed E-state index contributed by atoms with van der Waals surface area (Å²) in [7, 11) is 1.82. The van der Waals surface area contributed by atoms with E-state index >= 15 is 0 Å². The average Bonchev–Trinajstić information content (AvgIpc) is 2.02. The number of nitrogens with zero attached hydrogens (tertiary/aromatic N) is 1. The van der Waals surface area contributed by atoms with Gasteiger partial charge in [0.25, 0.3) is 0 Å². The van der Waals surface area contributed by atoms with Crippen LogP contribution >= 0.6 is 0 Å². The van der Waals surface area contributed by atoms with Gasteiger partial charge in [-0.25, -0.2) is 0 Å². The quantitative estimate of drug-likeness (QED) is 0.654. The Balaban J connectivity index is 3.88. The highest BCUT2D eigenvalue weighted by Crippen LogP contribution is 1.99. The summed E-state index contributed by atoms with van der Waals surface area (Å²) in [4.78, 5) is 13.3. The van der Waals surface area contributed by atoms with Gasteiger partial charge in [0.1, 0.15) is 0 Å². The largest absolute Gasteiger partial charge is 0.342 e. The molecule has 0 aromatic heterocycles. The SMILES string of the molecule is C=C(C)CN(C)C(=O)CC(C)NCC. The molecule has 0 aliphatic rings. The lowest BCUT2D eigenvalue weighted by Crippen LogP contribution is -2.35. The standard InChI is InChI=1S/C11H22N2O/c1-6-12-10(4)7-11(14)13(5)8-9(2)3/h10,12H,2,6-8H2,1,3-5H3. The fourth-order valence-electron chi connectivity index (χ4n) is 1.33. The van der Waals surface area contributed by atoms with E-state index in [4.69, 9.17) is 0 Å². The first kappa shape index (κ1) is 13.2. The first-order valence-corrected chi connectivity index (χ1v) is 5.09. The maximum absolute atomic E-state index is 11.6. The summed E-state index contributed by atoms with van der Waals surface area (Å²) >= 11 is 0. The van der Waals surface area contributed by atoms with Crippen LogP contribution in [-0.2, 0) is 4.79 Å². The molecule has 0 spiro atoms. The Morgan fingerprint density at radius 3 is 2.57 bits per heavy atom. The van der Waals surface area contributed by atoms with Crippen LogP contribution in [0.15, 0.2) is 12.2 Å². The minimum absolute atomic E-state index is 0.168. The van der Waals surface area contributed by atoms with E-state index in [9.17, 15) is 4.79 Å². The Hall–Kier alpha value is -0.830. The van der Waals surface area contributed by atoms with Gasteiger partial charge >= 0.3 is 0 Å². The van der Waals surface area contributed by atoms with Crippen molar-refractivity contribution in [2.75, 3.05) is 20.1 Å². The third kappa shape index (κ3) is 5.75. The van der Waals surface area contributed by atoms with Crippen molar-refractivity contribution < 1.29 is 4.79 Å². The van der Waals surface area contributed by atoms with Gasteiger partial charge < -0.3 is 10.2 Å². The second kappa shape index (κ2) is 6.60. The summed E-state index contributed by atoms with van der Waals surface area (Å²) < 4.78 is 0. The smallest absolute Gasteiger partial charge is 0.224 e. The monoisotopic (exact) mass is 198 g/mol. The zero-order valence-corrected chi connectivity index (χ0v) is 9.76. The van der Waals surface area contributed by atoms with E-state index in [0.29, 0.717) is 13.0 Å². The summed E-state index contributed by atoms with van der Waals surface area (Å²) in [6, 6.07) is 0.250. The molecule has 0 saturated carbocycles. The van der Waals surface area contributed by atoms with Crippen molar-refractivity contribution in [1.29, 1.82) is 0 Å². The Morgan fingerprint density at radius 1 is 1.57 bits per heavy atom. The zero-order valence-electron chi connectivity index (χ0n) is 9.76. The number of hydrogen-bond donors (Lipinski definition) is 1. The van der Waals surface area contributed by atoms with Crippen molar-refractivity contribution in [1.82, 2.24) is 10.2 Å². The number of hydrogen-bond acceptors (Lipinski definition) is 2. The third-order valence-electron chi connectivity index (χ3n) is 1.97. The first-order valence-electron chi connectivity index (χ1n) is 5.09. The predicted octanol–water partition coefficient (Wildman–Crippen LogP) is 1.41. The molecule has 0 aromatic carbocycles. The lowest BCUT2D eigenvalue weighted by Gasteiger charge is -2.19. The summed E-state index contributed by atoms with van der Waals surface area (Å²) in [5, 5.41) is 3.21. The molecule has 0 aromatic rings. The summed E-state index contributed by atoms with van der Waals surface area (Å²) in [5.41, 5.74) is 1.01. The fraction of sp³-hybridized carbons (Fsp3) is 0.727. The molecular formula is C11H22N2O. The van der Waals surface area contributed by atoms with E-state index in [0.717, 1.165) is 12.1 Å². The van der Waals surface area contributed by atoms with E-state index in [1.807, 2.05) is 27.8 Å². The lowest BCUT2D eigenvalue weighted by molar-refractivity contribution is -0.129. The fourth-order valence-corrected chi connectivity index (χ4v) is 1.33. The molecule has 1 atom stereocenters. The Bertz CT molecular complexity index is 201. The van der Waals surface area contributed by atoms with Crippen LogP contribution in [0.3, 0.4) is 0 Å². The molecule has 1 N–H and O–H groups in total. The molecular weight excluding hydrogens is 176 g/mol. The van der Waals surface area contributed by atoms with Gasteiger partial charge in [-0.15, -0.1) is 0 Å². The molecule has 3 heteroatoms. The predicted molar refractivity (Wildman–Crippen MR) is 60.2 cm³/mol. The first-order chi connectivity index (χ1) is 6.47. The molecule has 1 amide bonds. The normalized spacial score (nSPS) is 12.3. The van der Waals surface area contributed by atoms with Gasteiger partial charge in [-0.2, -0.15) is 0 Å². The van der Waals surface area contributed by atoms with Gasteiger partial charge in [0.05, 0.1) is 0 Å². The van der Waals surface area contributed by atoms with Crippen molar-refractivity contribution in [3.05, 3.63) is 12.2 Å². The maximum Gasteiger partial charge on any atom is 0.224 e. The second-order valence-corrected chi connectivity index (χ2v) is 3.87. The Labute approximate surface area is 87.2 Å². The molecule has 0 rings (SSSR count). The minimum Gasteiger partial charge on any atom is -0.342 e. The highest BCUT2D eigenvalue weighted by atomic mass is 16.2. The van der Waals surface area contributed by atoms with E-state index in [2.05, 4.69) is 11.9 Å². The van der Waals surface area contributed by atoms with Crippen LogP contribution in [0.4, 0.5) is 0 Å². The number of amides is 1. The molecule has 0 heterocycles. The molecule has 0 aliphatic carbocycles. The van der Waals surface area contributed by atoms with Crippen LogP contribution in [0.2, 0.25) is 0 Å². The van der Waals surface area contributed by atoms with Crippen LogP contribution in [0.1, 0.15) is 27.2 Å². The highest BCUT2D eigenvalue weighted by molar-refractivity contribution is 5.76. The highest BCUT2D eigenvalue weighted by Gasteiger charge is 2.12. The van der Waals surface area contributed by atoms with Crippen LogP contribution in [0.25, 0.3) is 0 Å². The Morgan fingerprint density at radius 2 is 2.14 bits per heavy atom. The average molecular weight is 198 g/mol. The van der Waals surface area contributed by atoms with Crippen molar-refractivity contribution in [3.63, 3.8) is 0 Å². The van der Waals surface area contributed by atoms with Gasteiger partial charge in [0.2, 0.25) is 5.91 Å². The number of rotatable bonds is 6. The number of carbonyl (C=O) groups excluding carboxylic acids is 1. The lowest BCUT2D eigenvalue weighted by atomic mass is 10.2. The van der Waals surface area contributed by atoms with Gasteiger partial charge in [0.15, 0.2) is 0 Å². The summed E-state index contributed by atoms with van der Waals surface area (Å²) in [6.45, 7) is 11.3. The number of carbonyl (C=O) groups is 1. The van der Waals surface area contributed by atoms with Crippen molar-refractivity contribution in [2.45, 2.75) is 33.2 Å². The molecule has 0 aliphatic heterocycles. The number of likely N-dealkylation sites (N-methyl/N-ethyl adjacent to an activating group) is 1. The van der Waals surface area contributed by atoms with Crippen molar-refractivity contribution in [3.8, 4) is 0 Å². The van der Waals surface area contributed by atoms with E-state index in [1.54, 1.807) is 4.90 Å². The van der Waals surface area contributed by atoms with Gasteiger partial charge in [-0.3, -0.25) is 4.79 Å².